The van der Waals surface area contributed by atoms with Crippen molar-refractivity contribution in [2.75, 3.05) is 25.1 Å². The van der Waals surface area contributed by atoms with Gasteiger partial charge in [-0.25, -0.2) is 4.98 Å². The Kier molecular flexibility index (Phi) is 3.83. The summed E-state index contributed by atoms with van der Waals surface area (Å²) < 4.78 is 6.76. The molecule has 2 aliphatic heterocycles. The first-order valence-corrected chi connectivity index (χ1v) is 9.89. The average Bonchev–Trinajstić information content (AvgIpc) is 3.36. The van der Waals surface area contributed by atoms with Crippen molar-refractivity contribution in [2.24, 2.45) is 0 Å². The third kappa shape index (κ3) is 2.56. The highest BCUT2D eigenvalue weighted by atomic mass is 32.1. The smallest absolute Gasteiger partial charge is 0.186 e. The zero-order valence-electron chi connectivity index (χ0n) is 15.1. The maximum absolute atomic E-state index is 5.51. The number of aromatic nitrogens is 2. The Morgan fingerprint density at radius 1 is 1.19 bits per heavy atom. The lowest BCUT2D eigenvalue weighted by Gasteiger charge is -2.33. The van der Waals surface area contributed by atoms with Crippen molar-refractivity contribution in [1.82, 2.24) is 14.9 Å². The number of pyridine rings is 1. The number of piperazine rings is 1. The van der Waals surface area contributed by atoms with Gasteiger partial charge in [0.25, 0.3) is 0 Å². The molecule has 3 aromatic rings. The topological polar surface area (TPSA) is 41.5 Å². The largest absolute Gasteiger partial charge is 0.494 e. The van der Waals surface area contributed by atoms with Gasteiger partial charge in [-0.15, -0.1) is 0 Å². The maximum atomic E-state index is 5.51. The highest BCUT2D eigenvalue weighted by molar-refractivity contribution is 7.22. The number of rotatable bonds is 4. The first kappa shape index (κ1) is 16.0. The van der Waals surface area contributed by atoms with Crippen LogP contribution in [-0.2, 0) is 6.54 Å². The molecule has 2 atom stereocenters. The summed E-state index contributed by atoms with van der Waals surface area (Å²) in [7, 11) is 1.72. The molecule has 2 saturated heterocycles. The fraction of sp³-hybridized carbons (Fsp3) is 0.400. The number of hydrogen-bond acceptors (Lipinski definition) is 6. The van der Waals surface area contributed by atoms with Gasteiger partial charge >= 0.3 is 0 Å². The van der Waals surface area contributed by atoms with Crippen LogP contribution in [0.3, 0.4) is 0 Å². The molecule has 2 aromatic heterocycles. The Morgan fingerprint density at radius 2 is 2.12 bits per heavy atom. The summed E-state index contributed by atoms with van der Waals surface area (Å²) in [6.07, 6.45) is 3.10. The Labute approximate surface area is 157 Å². The minimum absolute atomic E-state index is 0.551. The zero-order chi connectivity index (χ0) is 17.7. The van der Waals surface area contributed by atoms with Gasteiger partial charge in [-0.3, -0.25) is 9.88 Å². The molecular weight excluding hydrogens is 344 g/mol. The molecule has 0 saturated carbocycles. The quantitative estimate of drug-likeness (QED) is 0.707. The number of nitrogens with zero attached hydrogens (tertiary/aromatic N) is 4. The van der Waals surface area contributed by atoms with E-state index in [1.54, 1.807) is 18.4 Å². The first-order valence-electron chi connectivity index (χ1n) is 9.07. The van der Waals surface area contributed by atoms with Crippen LogP contribution >= 0.6 is 11.3 Å². The van der Waals surface area contributed by atoms with Gasteiger partial charge in [0.2, 0.25) is 0 Å². The number of likely N-dealkylation sites (tertiary alicyclic amines) is 1. The SMILES string of the molecule is COc1ccc(C)c2sc(N3CC4CC3CN4Cc3ccccn3)nc12. The molecule has 0 N–H and O–H groups in total. The number of thiazole rings is 1. The maximum Gasteiger partial charge on any atom is 0.186 e. The number of methoxy groups -OCH3 is 1. The normalized spacial score (nSPS) is 22.5. The number of hydrogen-bond donors (Lipinski definition) is 0. The molecule has 134 valence electrons. The van der Waals surface area contributed by atoms with E-state index < -0.39 is 0 Å². The Morgan fingerprint density at radius 3 is 2.85 bits per heavy atom. The van der Waals surface area contributed by atoms with Gasteiger partial charge in [0, 0.05) is 37.9 Å². The predicted molar refractivity (Wildman–Crippen MR) is 105 cm³/mol. The van der Waals surface area contributed by atoms with Gasteiger partial charge in [0.15, 0.2) is 5.13 Å². The second kappa shape index (κ2) is 6.21. The van der Waals surface area contributed by atoms with E-state index in [1.165, 1.54) is 16.7 Å². The van der Waals surface area contributed by atoms with Gasteiger partial charge in [-0.2, -0.15) is 0 Å². The van der Waals surface area contributed by atoms with Crippen LogP contribution in [0.25, 0.3) is 10.2 Å². The highest BCUT2D eigenvalue weighted by Crippen LogP contribution is 2.41. The number of benzene rings is 1. The molecular formula is C20H22N4OS. The van der Waals surface area contributed by atoms with E-state index in [0.717, 1.165) is 41.7 Å². The fourth-order valence-corrected chi connectivity index (χ4v) is 5.40. The summed E-state index contributed by atoms with van der Waals surface area (Å²) in [6.45, 7) is 5.24. The number of fused-ring (bicyclic) bond motifs is 3. The monoisotopic (exact) mass is 366 g/mol. The summed E-state index contributed by atoms with van der Waals surface area (Å²) >= 11 is 1.80. The zero-order valence-corrected chi connectivity index (χ0v) is 15.9. The van der Waals surface area contributed by atoms with E-state index in [1.807, 2.05) is 18.3 Å². The minimum atomic E-state index is 0.551. The van der Waals surface area contributed by atoms with Crippen LogP contribution in [0.1, 0.15) is 17.7 Å². The molecule has 2 bridgehead atoms. The number of aryl methyl sites for hydroxylation is 1. The van der Waals surface area contributed by atoms with Gasteiger partial charge in [-0.1, -0.05) is 23.5 Å². The molecule has 2 fully saturated rings. The van der Waals surface area contributed by atoms with Crippen molar-refractivity contribution in [1.29, 1.82) is 0 Å². The van der Waals surface area contributed by atoms with E-state index in [4.69, 9.17) is 9.72 Å². The molecule has 6 heteroatoms. The van der Waals surface area contributed by atoms with Crippen molar-refractivity contribution in [3.05, 3.63) is 47.8 Å². The Hall–Kier alpha value is -2.18. The summed E-state index contributed by atoms with van der Waals surface area (Å²) in [5.41, 5.74) is 3.43. The number of ether oxygens (including phenoxy) is 1. The van der Waals surface area contributed by atoms with Crippen LogP contribution in [0.2, 0.25) is 0 Å². The van der Waals surface area contributed by atoms with Crippen molar-refractivity contribution in [3.63, 3.8) is 0 Å². The molecule has 2 unspecified atom stereocenters. The molecule has 5 nitrogen and oxygen atoms in total. The van der Waals surface area contributed by atoms with Gasteiger partial charge < -0.3 is 9.64 Å². The lowest BCUT2D eigenvalue weighted by atomic mass is 10.2. The lowest BCUT2D eigenvalue weighted by molar-refractivity contribution is 0.228. The van der Waals surface area contributed by atoms with E-state index in [9.17, 15) is 0 Å². The third-order valence-electron chi connectivity index (χ3n) is 5.60. The second-order valence-electron chi connectivity index (χ2n) is 7.21. The molecule has 4 heterocycles. The lowest BCUT2D eigenvalue weighted by Crippen LogP contribution is -2.46. The van der Waals surface area contributed by atoms with Crippen molar-refractivity contribution >= 4 is 26.7 Å². The molecule has 0 amide bonds. The molecule has 0 spiro atoms. The summed E-state index contributed by atoms with van der Waals surface area (Å²) in [6, 6.07) is 11.4. The van der Waals surface area contributed by atoms with Crippen LogP contribution in [0.4, 0.5) is 5.13 Å². The first-order chi connectivity index (χ1) is 12.7. The van der Waals surface area contributed by atoms with E-state index in [0.29, 0.717) is 12.1 Å². The average molecular weight is 366 g/mol. The van der Waals surface area contributed by atoms with Crippen LogP contribution in [0, 0.1) is 6.92 Å². The molecule has 1 aromatic carbocycles. The Bertz CT molecular complexity index is 942. The second-order valence-corrected chi connectivity index (χ2v) is 8.18. The van der Waals surface area contributed by atoms with Crippen LogP contribution < -0.4 is 9.64 Å². The molecule has 26 heavy (non-hydrogen) atoms. The summed E-state index contributed by atoms with van der Waals surface area (Å²) in [5.74, 6) is 0.870. The highest BCUT2D eigenvalue weighted by Gasteiger charge is 2.44. The van der Waals surface area contributed by atoms with Gasteiger partial charge in [0.05, 0.1) is 17.5 Å². The predicted octanol–water partition coefficient (Wildman–Crippen LogP) is 3.47. The Balaban J connectivity index is 1.38. The minimum Gasteiger partial charge on any atom is -0.494 e. The van der Waals surface area contributed by atoms with E-state index in [2.05, 4.69) is 39.9 Å². The van der Waals surface area contributed by atoms with Crippen molar-refractivity contribution in [2.45, 2.75) is 32.0 Å². The van der Waals surface area contributed by atoms with Crippen LogP contribution in [0.15, 0.2) is 36.5 Å². The molecule has 0 aliphatic carbocycles. The van der Waals surface area contributed by atoms with Gasteiger partial charge in [0.1, 0.15) is 11.3 Å². The summed E-state index contributed by atoms with van der Waals surface area (Å²) in [4.78, 5) is 14.5. The fourth-order valence-electron chi connectivity index (χ4n) is 4.26. The van der Waals surface area contributed by atoms with Crippen LogP contribution in [0.5, 0.6) is 5.75 Å². The molecule has 5 rings (SSSR count). The molecule has 2 aliphatic rings. The standard InChI is InChI=1S/C20H22N4OS/c1-13-6-7-17(25-2)18-19(13)26-20(22-18)24-12-15-9-16(24)11-23(15)10-14-5-3-4-8-21-14/h3-8,15-16H,9-12H2,1-2H3. The van der Waals surface area contributed by atoms with E-state index >= 15 is 0 Å². The van der Waals surface area contributed by atoms with E-state index in [-0.39, 0.29) is 0 Å². The van der Waals surface area contributed by atoms with Crippen LogP contribution in [-0.4, -0.2) is 47.2 Å². The molecule has 0 radical (unpaired) electrons. The van der Waals surface area contributed by atoms with Crippen molar-refractivity contribution < 1.29 is 4.74 Å². The van der Waals surface area contributed by atoms with Crippen molar-refractivity contribution in [3.8, 4) is 5.75 Å². The third-order valence-corrected chi connectivity index (χ3v) is 6.83. The number of anilines is 1. The van der Waals surface area contributed by atoms with Gasteiger partial charge in [-0.05, 0) is 37.1 Å². The summed E-state index contributed by atoms with van der Waals surface area (Å²) in [5, 5.41) is 1.14.